The number of nitrogens with one attached hydrogen (secondary N) is 1. The lowest BCUT2D eigenvalue weighted by atomic mass is 9.90. The number of benzene rings is 2. The minimum atomic E-state index is 0.120. The van der Waals surface area contributed by atoms with Gasteiger partial charge >= 0.3 is 0 Å². The van der Waals surface area contributed by atoms with E-state index >= 15 is 0 Å². The third kappa shape index (κ3) is 6.03. The molecule has 5 rings (SSSR count). The molecule has 1 aromatic heterocycles. The largest absolute Gasteiger partial charge is 0.375 e. The molecular formula is C29H37N5O2. The van der Waals surface area contributed by atoms with Gasteiger partial charge in [-0.3, -0.25) is 9.89 Å². The molecule has 1 unspecified atom stereocenters. The topological polar surface area (TPSA) is 64.7 Å². The molecule has 3 aromatic rings. The fourth-order valence-corrected chi connectivity index (χ4v) is 5.30. The lowest BCUT2D eigenvalue weighted by Crippen LogP contribution is -2.47. The van der Waals surface area contributed by atoms with Gasteiger partial charge in [0.15, 0.2) is 0 Å². The number of H-pyrrole nitrogens is 1. The first-order chi connectivity index (χ1) is 17.7. The second-order valence-corrected chi connectivity index (χ2v) is 10.1. The maximum absolute atomic E-state index is 13.1. The van der Waals surface area contributed by atoms with E-state index in [1.54, 1.807) is 0 Å². The first kappa shape index (κ1) is 24.7. The van der Waals surface area contributed by atoms with Crippen molar-refractivity contribution in [3.63, 3.8) is 0 Å². The number of piperidine rings is 1. The molecule has 0 spiro atoms. The fourth-order valence-electron chi connectivity index (χ4n) is 5.30. The zero-order valence-corrected chi connectivity index (χ0v) is 21.2. The van der Waals surface area contributed by atoms with Gasteiger partial charge < -0.3 is 19.4 Å². The van der Waals surface area contributed by atoms with E-state index in [-0.39, 0.29) is 5.91 Å². The van der Waals surface area contributed by atoms with Crippen LogP contribution in [0.3, 0.4) is 0 Å². The molecule has 0 radical (unpaired) electrons. The van der Waals surface area contributed by atoms with Crippen LogP contribution in [0.1, 0.15) is 40.4 Å². The molecule has 0 aliphatic carbocycles. The van der Waals surface area contributed by atoms with E-state index in [0.29, 0.717) is 12.5 Å². The molecule has 3 heterocycles. The summed E-state index contributed by atoms with van der Waals surface area (Å²) in [7, 11) is 2.10. The smallest absolute Gasteiger partial charge is 0.253 e. The van der Waals surface area contributed by atoms with Crippen LogP contribution in [-0.4, -0.2) is 90.3 Å². The van der Waals surface area contributed by atoms with E-state index in [0.717, 1.165) is 82.0 Å². The van der Waals surface area contributed by atoms with Crippen molar-refractivity contribution in [2.24, 2.45) is 0 Å². The molecule has 2 saturated heterocycles. The van der Waals surface area contributed by atoms with Crippen molar-refractivity contribution in [1.82, 2.24) is 24.9 Å². The van der Waals surface area contributed by atoms with E-state index in [4.69, 9.17) is 4.74 Å². The lowest BCUT2D eigenvalue weighted by Gasteiger charge is -2.33. The van der Waals surface area contributed by atoms with Crippen molar-refractivity contribution in [3.05, 3.63) is 77.6 Å². The van der Waals surface area contributed by atoms with Gasteiger partial charge in [0.25, 0.3) is 5.91 Å². The van der Waals surface area contributed by atoms with Gasteiger partial charge in [0.1, 0.15) is 0 Å². The quantitative estimate of drug-likeness (QED) is 0.489. The number of ether oxygens (including phenoxy) is 1. The highest BCUT2D eigenvalue weighted by atomic mass is 16.5. The van der Waals surface area contributed by atoms with Gasteiger partial charge in [-0.05, 0) is 49.7 Å². The van der Waals surface area contributed by atoms with E-state index in [2.05, 4.69) is 45.2 Å². The molecule has 0 saturated carbocycles. The molecule has 190 valence electrons. The molecule has 36 heavy (non-hydrogen) atoms. The van der Waals surface area contributed by atoms with Crippen LogP contribution < -0.4 is 0 Å². The maximum atomic E-state index is 13.1. The highest BCUT2D eigenvalue weighted by Gasteiger charge is 2.26. The number of likely N-dealkylation sites (N-methyl/N-ethyl adjacent to an activating group) is 1. The molecule has 1 atom stereocenters. The number of aromatic nitrogens is 2. The molecular weight excluding hydrogens is 450 g/mol. The van der Waals surface area contributed by atoms with Crippen molar-refractivity contribution >= 4 is 5.91 Å². The Bertz CT molecular complexity index is 1120. The number of hydrogen-bond acceptors (Lipinski definition) is 5. The van der Waals surface area contributed by atoms with Crippen molar-refractivity contribution in [1.29, 1.82) is 0 Å². The maximum Gasteiger partial charge on any atom is 0.253 e. The predicted octanol–water partition coefficient (Wildman–Crippen LogP) is 3.86. The van der Waals surface area contributed by atoms with E-state index in [1.807, 2.05) is 47.5 Å². The molecule has 2 fully saturated rings. The van der Waals surface area contributed by atoms with Gasteiger partial charge in [-0.2, -0.15) is 5.10 Å². The summed E-state index contributed by atoms with van der Waals surface area (Å²) in [4.78, 5) is 19.9. The molecule has 2 aromatic carbocycles. The Kier molecular flexibility index (Phi) is 8.11. The molecule has 2 aliphatic heterocycles. The Morgan fingerprint density at radius 1 is 1.06 bits per heavy atom. The zero-order chi connectivity index (χ0) is 24.7. The Morgan fingerprint density at radius 2 is 1.89 bits per heavy atom. The first-order valence-electron chi connectivity index (χ1n) is 13.1. The van der Waals surface area contributed by atoms with Crippen LogP contribution in [0.25, 0.3) is 11.1 Å². The fraction of sp³-hybridized carbons (Fsp3) is 0.448. The third-order valence-corrected chi connectivity index (χ3v) is 7.46. The number of rotatable bonds is 8. The summed E-state index contributed by atoms with van der Waals surface area (Å²) in [5.41, 5.74) is 5.31. The van der Waals surface area contributed by atoms with Crippen LogP contribution >= 0.6 is 0 Å². The number of hydrogen-bond donors (Lipinski definition) is 1. The second kappa shape index (κ2) is 11.8. The minimum absolute atomic E-state index is 0.120. The Morgan fingerprint density at radius 3 is 2.72 bits per heavy atom. The summed E-state index contributed by atoms with van der Waals surface area (Å²) in [5, 5.41) is 7.70. The van der Waals surface area contributed by atoms with Crippen LogP contribution in [0.2, 0.25) is 0 Å². The number of carbonyl (C=O) groups is 1. The summed E-state index contributed by atoms with van der Waals surface area (Å²) >= 11 is 0. The normalized spacial score (nSPS) is 19.5. The number of aromatic amines is 1. The summed E-state index contributed by atoms with van der Waals surface area (Å²) in [5.74, 6) is 0.511. The van der Waals surface area contributed by atoms with Gasteiger partial charge in [0, 0.05) is 62.0 Å². The Balaban J connectivity index is 1.21. The summed E-state index contributed by atoms with van der Waals surface area (Å²) in [6.45, 7) is 7.82. The predicted molar refractivity (Wildman–Crippen MR) is 142 cm³/mol. The zero-order valence-electron chi connectivity index (χ0n) is 21.2. The van der Waals surface area contributed by atoms with Gasteiger partial charge in [-0.1, -0.05) is 42.5 Å². The van der Waals surface area contributed by atoms with Crippen LogP contribution in [0.4, 0.5) is 0 Å². The van der Waals surface area contributed by atoms with E-state index < -0.39 is 0 Å². The van der Waals surface area contributed by atoms with E-state index in [1.165, 1.54) is 11.3 Å². The lowest BCUT2D eigenvalue weighted by molar-refractivity contribution is 0.0664. The number of amides is 1. The van der Waals surface area contributed by atoms with Crippen molar-refractivity contribution in [3.8, 4) is 11.1 Å². The first-order valence-corrected chi connectivity index (χ1v) is 13.1. The molecule has 1 amide bonds. The number of carbonyl (C=O) groups excluding carboxylic acids is 1. The molecule has 7 heteroatoms. The minimum Gasteiger partial charge on any atom is -0.375 e. The van der Waals surface area contributed by atoms with Crippen LogP contribution in [0.15, 0.2) is 60.8 Å². The average Bonchev–Trinajstić information content (AvgIpc) is 3.42. The molecule has 7 nitrogen and oxygen atoms in total. The van der Waals surface area contributed by atoms with Gasteiger partial charge in [0.05, 0.1) is 19.4 Å². The molecule has 0 bridgehead atoms. The van der Waals surface area contributed by atoms with Gasteiger partial charge in [-0.15, -0.1) is 0 Å². The highest BCUT2D eigenvalue weighted by Crippen LogP contribution is 2.33. The van der Waals surface area contributed by atoms with Crippen LogP contribution in [-0.2, 0) is 11.3 Å². The Labute approximate surface area is 214 Å². The molecule has 2 aliphatic rings. The van der Waals surface area contributed by atoms with E-state index in [9.17, 15) is 4.79 Å². The third-order valence-electron chi connectivity index (χ3n) is 7.46. The van der Waals surface area contributed by atoms with Gasteiger partial charge in [0.2, 0.25) is 0 Å². The number of nitrogens with zero attached hydrogens (tertiary/aromatic N) is 4. The monoisotopic (exact) mass is 487 g/mol. The second-order valence-electron chi connectivity index (χ2n) is 10.1. The van der Waals surface area contributed by atoms with Crippen LogP contribution in [0.5, 0.6) is 0 Å². The number of piperazine rings is 1. The summed E-state index contributed by atoms with van der Waals surface area (Å²) in [6, 6.07) is 18.4. The Hall–Kier alpha value is -3.00. The standard InChI is InChI=1S/C29H37N5O2/c1-32-13-15-34(16-14-32)29(35)25-10-5-9-24(19-25)27-20-30-31-28(27)26-11-6-12-33(21-26)17-18-36-22-23-7-3-2-4-8-23/h2-5,7-10,19-20,26H,6,11-18,21-22H2,1H3,(H,30,31). The average molecular weight is 488 g/mol. The van der Waals surface area contributed by atoms with Gasteiger partial charge in [-0.25, -0.2) is 0 Å². The summed E-state index contributed by atoms with van der Waals surface area (Å²) in [6.07, 6.45) is 4.21. The van der Waals surface area contributed by atoms with Crippen LogP contribution in [0, 0.1) is 0 Å². The SMILES string of the molecule is CN1CCN(C(=O)c2cccc(-c3cn[nH]c3C3CCCN(CCOCc4ccccc4)C3)c2)CC1. The number of likely N-dealkylation sites (tertiary alicyclic amines) is 1. The summed E-state index contributed by atoms with van der Waals surface area (Å²) < 4.78 is 5.93. The van der Waals surface area contributed by atoms with Crippen molar-refractivity contribution < 1.29 is 9.53 Å². The highest BCUT2D eigenvalue weighted by molar-refractivity contribution is 5.95. The molecule has 1 N–H and O–H groups in total. The van der Waals surface area contributed by atoms with Crippen molar-refractivity contribution in [2.75, 3.05) is 59.5 Å². The van der Waals surface area contributed by atoms with Crippen molar-refractivity contribution in [2.45, 2.75) is 25.4 Å².